The van der Waals surface area contributed by atoms with E-state index in [4.69, 9.17) is 9.47 Å². The molecule has 42 heavy (non-hydrogen) atoms. The number of carbonyl (C=O) groups excluding carboxylic acids is 2. The summed E-state index contributed by atoms with van der Waals surface area (Å²) < 4.78 is 12.8. The summed E-state index contributed by atoms with van der Waals surface area (Å²) >= 11 is 0. The smallest absolute Gasteiger partial charge is 0.200 e. The zero-order valence-corrected chi connectivity index (χ0v) is 23.7. The minimum absolute atomic E-state index is 0.0185. The maximum absolute atomic E-state index is 14.3. The Balaban J connectivity index is 1.86. The molecule has 8 nitrogen and oxygen atoms in total. The van der Waals surface area contributed by atoms with E-state index in [1.165, 1.54) is 12.1 Å². The van der Waals surface area contributed by atoms with E-state index >= 15 is 0 Å². The first-order chi connectivity index (χ1) is 20.5. The number of fused-ring (bicyclic) bond motifs is 2. The molecule has 0 fully saturated rings. The SMILES string of the molecule is CCCCOc1c(Nc2ccccc2)c2c(c(Nc3ccccc3)c1OCCCC)C(=O)c1c(O)ccc(O)c1C2=O. The van der Waals surface area contributed by atoms with Gasteiger partial charge in [-0.25, -0.2) is 0 Å². The Hall–Kier alpha value is -4.98. The number of rotatable bonds is 12. The Kier molecular flexibility index (Phi) is 8.62. The maximum Gasteiger partial charge on any atom is 0.200 e. The van der Waals surface area contributed by atoms with Gasteiger partial charge in [0.1, 0.15) is 11.5 Å². The van der Waals surface area contributed by atoms with Crippen molar-refractivity contribution in [3.05, 3.63) is 95.1 Å². The van der Waals surface area contributed by atoms with Gasteiger partial charge in [0.15, 0.2) is 11.5 Å². The summed E-state index contributed by atoms with van der Waals surface area (Å²) in [6, 6.07) is 20.9. The molecule has 8 heteroatoms. The monoisotopic (exact) mass is 566 g/mol. The van der Waals surface area contributed by atoms with Crippen molar-refractivity contribution in [2.75, 3.05) is 23.8 Å². The molecule has 0 heterocycles. The van der Waals surface area contributed by atoms with E-state index in [0.29, 0.717) is 24.6 Å². The molecule has 0 saturated heterocycles. The van der Waals surface area contributed by atoms with Crippen LogP contribution in [-0.4, -0.2) is 35.0 Å². The molecule has 0 radical (unpaired) electrons. The first-order valence-electron chi connectivity index (χ1n) is 14.2. The molecular weight excluding hydrogens is 532 g/mol. The van der Waals surface area contributed by atoms with Crippen molar-refractivity contribution in [3.8, 4) is 23.0 Å². The van der Waals surface area contributed by atoms with Crippen LogP contribution in [-0.2, 0) is 0 Å². The number of unbranched alkanes of at least 4 members (excludes halogenated alkanes) is 2. The fraction of sp³-hybridized carbons (Fsp3) is 0.235. The normalized spacial score (nSPS) is 12.0. The molecule has 0 amide bonds. The van der Waals surface area contributed by atoms with Gasteiger partial charge < -0.3 is 30.3 Å². The lowest BCUT2D eigenvalue weighted by Gasteiger charge is -2.29. The van der Waals surface area contributed by atoms with Crippen molar-refractivity contribution in [3.63, 3.8) is 0 Å². The van der Waals surface area contributed by atoms with E-state index in [2.05, 4.69) is 24.5 Å². The van der Waals surface area contributed by atoms with E-state index in [0.717, 1.165) is 25.7 Å². The molecule has 4 N–H and O–H groups in total. The van der Waals surface area contributed by atoms with Crippen LogP contribution in [0.5, 0.6) is 23.0 Å². The molecule has 216 valence electrons. The molecular formula is C34H34N2O6. The van der Waals surface area contributed by atoms with Crippen molar-refractivity contribution in [2.45, 2.75) is 39.5 Å². The van der Waals surface area contributed by atoms with E-state index in [-0.39, 0.29) is 45.1 Å². The summed E-state index contributed by atoms with van der Waals surface area (Å²) in [4.78, 5) is 28.6. The highest BCUT2D eigenvalue weighted by Crippen LogP contribution is 2.53. The van der Waals surface area contributed by atoms with Crippen molar-refractivity contribution in [1.82, 2.24) is 0 Å². The molecule has 0 saturated carbocycles. The number of phenolic OH excluding ortho intramolecular Hbond substituents is 2. The van der Waals surface area contributed by atoms with Crippen LogP contribution in [0.2, 0.25) is 0 Å². The number of anilines is 4. The number of aromatic hydroxyl groups is 2. The van der Waals surface area contributed by atoms with E-state index in [1.54, 1.807) is 0 Å². The zero-order chi connectivity index (χ0) is 29.6. The molecule has 0 bridgehead atoms. The number of phenols is 2. The summed E-state index contributed by atoms with van der Waals surface area (Å²) in [5.41, 5.74) is 1.36. The second-order valence-electron chi connectivity index (χ2n) is 10.1. The number of para-hydroxylation sites is 2. The lowest BCUT2D eigenvalue weighted by atomic mass is 9.80. The zero-order valence-electron chi connectivity index (χ0n) is 23.7. The fourth-order valence-electron chi connectivity index (χ4n) is 4.93. The van der Waals surface area contributed by atoms with Crippen molar-refractivity contribution >= 4 is 34.3 Å². The number of hydrogen-bond donors (Lipinski definition) is 4. The summed E-state index contributed by atoms with van der Waals surface area (Å²) in [5, 5.41) is 28.1. The third kappa shape index (κ3) is 5.48. The average molecular weight is 567 g/mol. The molecule has 4 aromatic carbocycles. The third-order valence-corrected chi connectivity index (χ3v) is 7.05. The molecule has 0 aliphatic heterocycles. The Bertz CT molecular complexity index is 1480. The van der Waals surface area contributed by atoms with Gasteiger partial charge >= 0.3 is 0 Å². The molecule has 0 atom stereocenters. The van der Waals surface area contributed by atoms with Crippen LogP contribution in [0.3, 0.4) is 0 Å². The average Bonchev–Trinajstić information content (AvgIpc) is 3.00. The second-order valence-corrected chi connectivity index (χ2v) is 10.1. The van der Waals surface area contributed by atoms with Crippen LogP contribution in [0.25, 0.3) is 0 Å². The van der Waals surface area contributed by atoms with E-state index in [1.807, 2.05) is 60.7 Å². The topological polar surface area (TPSA) is 117 Å². The molecule has 1 aliphatic rings. The number of nitrogens with one attached hydrogen (secondary N) is 2. The van der Waals surface area contributed by atoms with Gasteiger partial charge in [0.05, 0.1) is 46.8 Å². The predicted molar refractivity (Wildman–Crippen MR) is 163 cm³/mol. The van der Waals surface area contributed by atoms with Crippen LogP contribution in [0.15, 0.2) is 72.8 Å². The summed E-state index contributed by atoms with van der Waals surface area (Å²) in [5.74, 6) is -1.47. The van der Waals surface area contributed by atoms with E-state index < -0.39 is 23.1 Å². The number of ketones is 2. The number of carbonyl (C=O) groups is 2. The number of ether oxygens (including phenoxy) is 2. The highest BCUT2D eigenvalue weighted by molar-refractivity contribution is 6.34. The molecule has 1 aliphatic carbocycles. The van der Waals surface area contributed by atoms with Crippen LogP contribution in [0, 0.1) is 0 Å². The van der Waals surface area contributed by atoms with Gasteiger partial charge in [-0.1, -0.05) is 63.1 Å². The lowest BCUT2D eigenvalue weighted by Crippen LogP contribution is -2.25. The van der Waals surface area contributed by atoms with Crippen molar-refractivity contribution in [2.24, 2.45) is 0 Å². The molecule has 0 aromatic heterocycles. The summed E-state index contributed by atoms with van der Waals surface area (Å²) in [7, 11) is 0. The first kappa shape index (κ1) is 28.5. The van der Waals surface area contributed by atoms with Crippen molar-refractivity contribution in [1.29, 1.82) is 0 Å². The van der Waals surface area contributed by atoms with Gasteiger partial charge in [-0.15, -0.1) is 0 Å². The molecule has 4 aromatic rings. The fourth-order valence-corrected chi connectivity index (χ4v) is 4.93. The second kappa shape index (κ2) is 12.7. The van der Waals surface area contributed by atoms with Gasteiger partial charge in [0.25, 0.3) is 0 Å². The van der Waals surface area contributed by atoms with Gasteiger partial charge in [-0.2, -0.15) is 0 Å². The highest BCUT2D eigenvalue weighted by atomic mass is 16.5. The van der Waals surface area contributed by atoms with Gasteiger partial charge in [0.2, 0.25) is 11.6 Å². The van der Waals surface area contributed by atoms with Crippen LogP contribution in [0.4, 0.5) is 22.7 Å². The van der Waals surface area contributed by atoms with Gasteiger partial charge in [0, 0.05) is 11.4 Å². The lowest BCUT2D eigenvalue weighted by molar-refractivity contribution is 0.0974. The summed E-state index contributed by atoms with van der Waals surface area (Å²) in [6.07, 6.45) is 3.26. The van der Waals surface area contributed by atoms with Gasteiger partial charge in [-0.05, 0) is 49.2 Å². The third-order valence-electron chi connectivity index (χ3n) is 7.05. The Labute approximate surface area is 244 Å². The standard InChI is InChI=1S/C34H34N2O6/c1-3-5-19-41-33-29(35-21-13-9-7-10-14-21)27-28(32(40)26-24(38)18-17-23(37)25(26)31(27)39)30(34(33)42-20-6-4-2)36-22-15-11-8-12-16-22/h7-18,35-38H,3-6,19-20H2,1-2H3. The Morgan fingerprint density at radius 2 is 0.952 bits per heavy atom. The first-order valence-corrected chi connectivity index (χ1v) is 14.2. The quantitative estimate of drug-likeness (QED) is 0.0896. The largest absolute Gasteiger partial charge is 0.507 e. The van der Waals surface area contributed by atoms with Crippen molar-refractivity contribution < 1.29 is 29.3 Å². The predicted octanol–water partition coefficient (Wildman–Crippen LogP) is 7.72. The molecule has 0 unspecified atom stereocenters. The van der Waals surface area contributed by atoms with Gasteiger partial charge in [-0.3, -0.25) is 9.59 Å². The maximum atomic E-state index is 14.3. The van der Waals surface area contributed by atoms with Crippen LogP contribution >= 0.6 is 0 Å². The Morgan fingerprint density at radius 3 is 1.31 bits per heavy atom. The highest BCUT2D eigenvalue weighted by Gasteiger charge is 2.42. The van der Waals surface area contributed by atoms with Crippen LogP contribution < -0.4 is 20.1 Å². The minimum atomic E-state index is -0.622. The number of hydrogen-bond acceptors (Lipinski definition) is 8. The Morgan fingerprint density at radius 1 is 0.571 bits per heavy atom. The molecule has 5 rings (SSSR count). The summed E-state index contributed by atoms with van der Waals surface area (Å²) in [6.45, 7) is 4.79. The number of benzene rings is 4. The molecule has 0 spiro atoms. The van der Waals surface area contributed by atoms with Crippen LogP contribution in [0.1, 0.15) is 71.4 Å². The van der Waals surface area contributed by atoms with E-state index in [9.17, 15) is 19.8 Å². The minimum Gasteiger partial charge on any atom is -0.507 e.